The summed E-state index contributed by atoms with van der Waals surface area (Å²) < 4.78 is 0. The van der Waals surface area contributed by atoms with Crippen LogP contribution >= 0.6 is 0 Å². The van der Waals surface area contributed by atoms with Crippen LogP contribution in [0.2, 0.25) is 0 Å². The molecular formula is C15H26. The second-order valence-electron chi connectivity index (χ2n) is 4.48. The summed E-state index contributed by atoms with van der Waals surface area (Å²) in [4.78, 5) is 0. The summed E-state index contributed by atoms with van der Waals surface area (Å²) in [5.74, 6) is 1.64. The standard InChI is InChI=1S/C15H26/c1-6-11-12(7-2)14(9-4)15(10-5)13(11)8-3/h6,12,14H,7-10H2,1-5H3/b11-6+. The average Bonchev–Trinajstić information content (AvgIpc) is 2.59. The zero-order chi connectivity index (χ0) is 11.4. The molecule has 0 aromatic rings. The number of hydrogen-bond acceptors (Lipinski definition) is 0. The van der Waals surface area contributed by atoms with Crippen molar-refractivity contribution in [2.75, 3.05) is 0 Å². The van der Waals surface area contributed by atoms with Crippen LogP contribution in [-0.4, -0.2) is 0 Å². The maximum Gasteiger partial charge on any atom is -0.00994 e. The lowest BCUT2D eigenvalue weighted by atomic mass is 9.84. The number of hydrogen-bond donors (Lipinski definition) is 0. The average molecular weight is 206 g/mol. The second-order valence-corrected chi connectivity index (χ2v) is 4.48. The van der Waals surface area contributed by atoms with Crippen molar-refractivity contribution in [2.24, 2.45) is 11.8 Å². The van der Waals surface area contributed by atoms with Gasteiger partial charge in [-0.3, -0.25) is 0 Å². The Morgan fingerprint density at radius 1 is 0.933 bits per heavy atom. The quantitative estimate of drug-likeness (QED) is 0.599. The highest BCUT2D eigenvalue weighted by Gasteiger charge is 2.33. The minimum absolute atomic E-state index is 0.810. The van der Waals surface area contributed by atoms with Gasteiger partial charge < -0.3 is 0 Å². The number of allylic oxidation sites excluding steroid dienone is 4. The van der Waals surface area contributed by atoms with E-state index >= 15 is 0 Å². The van der Waals surface area contributed by atoms with E-state index < -0.39 is 0 Å². The molecule has 1 rings (SSSR count). The summed E-state index contributed by atoms with van der Waals surface area (Å²) in [5, 5.41) is 0. The monoisotopic (exact) mass is 206 g/mol. The van der Waals surface area contributed by atoms with E-state index in [0.717, 1.165) is 11.8 Å². The van der Waals surface area contributed by atoms with E-state index in [1.54, 1.807) is 16.7 Å². The molecule has 0 nitrogen and oxygen atoms in total. The highest BCUT2D eigenvalue weighted by Crippen LogP contribution is 2.47. The third-order valence-electron chi connectivity index (χ3n) is 3.99. The third kappa shape index (κ3) is 2.04. The Morgan fingerprint density at radius 2 is 1.53 bits per heavy atom. The van der Waals surface area contributed by atoms with Crippen LogP contribution in [0, 0.1) is 11.8 Å². The van der Waals surface area contributed by atoms with Crippen molar-refractivity contribution in [3.05, 3.63) is 22.8 Å². The minimum atomic E-state index is 0.810. The van der Waals surface area contributed by atoms with Gasteiger partial charge in [0.05, 0.1) is 0 Å². The molecule has 86 valence electrons. The molecule has 0 fully saturated rings. The van der Waals surface area contributed by atoms with Gasteiger partial charge >= 0.3 is 0 Å². The van der Waals surface area contributed by atoms with Crippen LogP contribution in [0.3, 0.4) is 0 Å². The molecule has 0 spiro atoms. The molecule has 0 amide bonds. The summed E-state index contributed by atoms with van der Waals surface area (Å²) in [6, 6.07) is 0. The van der Waals surface area contributed by atoms with Gasteiger partial charge in [-0.15, -0.1) is 0 Å². The Balaban J connectivity index is 3.14. The Kier molecular flexibility index (Phi) is 4.63. The van der Waals surface area contributed by atoms with Crippen molar-refractivity contribution < 1.29 is 0 Å². The Morgan fingerprint density at radius 3 is 1.87 bits per heavy atom. The summed E-state index contributed by atoms with van der Waals surface area (Å²) >= 11 is 0. The molecule has 0 bridgehead atoms. The fourth-order valence-electron chi connectivity index (χ4n) is 3.42. The van der Waals surface area contributed by atoms with Gasteiger partial charge in [-0.05, 0) is 55.6 Å². The van der Waals surface area contributed by atoms with Crippen molar-refractivity contribution in [1.82, 2.24) is 0 Å². The van der Waals surface area contributed by atoms with Crippen LogP contribution in [0.5, 0.6) is 0 Å². The predicted octanol–water partition coefficient (Wildman–Crippen LogP) is 5.12. The van der Waals surface area contributed by atoms with Crippen LogP contribution in [0.4, 0.5) is 0 Å². The molecule has 0 heterocycles. The molecule has 2 unspecified atom stereocenters. The first-order chi connectivity index (χ1) is 7.24. The van der Waals surface area contributed by atoms with Gasteiger partial charge in [-0.25, -0.2) is 0 Å². The van der Waals surface area contributed by atoms with Crippen molar-refractivity contribution >= 4 is 0 Å². The summed E-state index contributed by atoms with van der Waals surface area (Å²) in [5.41, 5.74) is 5.09. The first kappa shape index (κ1) is 12.5. The van der Waals surface area contributed by atoms with E-state index in [0.29, 0.717) is 0 Å². The maximum absolute atomic E-state index is 2.36. The first-order valence-electron chi connectivity index (χ1n) is 6.63. The van der Waals surface area contributed by atoms with Crippen LogP contribution < -0.4 is 0 Å². The molecule has 1 aliphatic rings. The molecule has 0 aliphatic heterocycles. The highest BCUT2D eigenvalue weighted by molar-refractivity contribution is 5.44. The van der Waals surface area contributed by atoms with E-state index in [1.165, 1.54) is 25.7 Å². The van der Waals surface area contributed by atoms with Gasteiger partial charge in [0.25, 0.3) is 0 Å². The maximum atomic E-state index is 2.36. The van der Waals surface area contributed by atoms with Crippen LogP contribution in [0.15, 0.2) is 22.8 Å². The lowest BCUT2D eigenvalue weighted by Gasteiger charge is -2.20. The van der Waals surface area contributed by atoms with Crippen molar-refractivity contribution in [2.45, 2.75) is 60.3 Å². The molecule has 0 saturated heterocycles. The van der Waals surface area contributed by atoms with Gasteiger partial charge in [-0.2, -0.15) is 0 Å². The van der Waals surface area contributed by atoms with Crippen molar-refractivity contribution in [1.29, 1.82) is 0 Å². The SMILES string of the molecule is C/C=C1/C(CC)=C(CC)C(CC)C1CC. The minimum Gasteiger partial charge on any atom is -0.0839 e. The molecule has 1 aliphatic carbocycles. The Hall–Kier alpha value is -0.520. The zero-order valence-corrected chi connectivity index (χ0v) is 11.1. The predicted molar refractivity (Wildman–Crippen MR) is 68.9 cm³/mol. The van der Waals surface area contributed by atoms with E-state index in [-0.39, 0.29) is 0 Å². The van der Waals surface area contributed by atoms with E-state index in [1.807, 2.05) is 0 Å². The van der Waals surface area contributed by atoms with E-state index in [9.17, 15) is 0 Å². The largest absolute Gasteiger partial charge is 0.0839 e. The molecule has 2 atom stereocenters. The molecule has 0 N–H and O–H groups in total. The van der Waals surface area contributed by atoms with Gasteiger partial charge in [0, 0.05) is 0 Å². The molecule has 0 aromatic heterocycles. The molecule has 0 radical (unpaired) electrons. The van der Waals surface area contributed by atoms with E-state index in [4.69, 9.17) is 0 Å². The molecule has 0 saturated carbocycles. The van der Waals surface area contributed by atoms with Gasteiger partial charge in [-0.1, -0.05) is 39.3 Å². The topological polar surface area (TPSA) is 0 Å². The number of rotatable bonds is 4. The van der Waals surface area contributed by atoms with Gasteiger partial charge in [0.15, 0.2) is 0 Å². The van der Waals surface area contributed by atoms with Crippen LogP contribution in [-0.2, 0) is 0 Å². The van der Waals surface area contributed by atoms with Crippen molar-refractivity contribution in [3.8, 4) is 0 Å². The Labute approximate surface area is 95.5 Å². The van der Waals surface area contributed by atoms with Crippen LogP contribution in [0.25, 0.3) is 0 Å². The van der Waals surface area contributed by atoms with Gasteiger partial charge in [0.2, 0.25) is 0 Å². The second kappa shape index (κ2) is 5.53. The molecule has 0 heteroatoms. The smallest absolute Gasteiger partial charge is 0.00994 e. The highest BCUT2D eigenvalue weighted by atomic mass is 14.4. The summed E-state index contributed by atoms with van der Waals surface area (Å²) in [7, 11) is 0. The van der Waals surface area contributed by atoms with Gasteiger partial charge in [0.1, 0.15) is 0 Å². The zero-order valence-electron chi connectivity index (χ0n) is 11.1. The summed E-state index contributed by atoms with van der Waals surface area (Å²) in [6.07, 6.45) is 7.43. The fourth-order valence-corrected chi connectivity index (χ4v) is 3.42. The lowest BCUT2D eigenvalue weighted by molar-refractivity contribution is 0.429. The normalized spacial score (nSPS) is 29.3. The molecule has 0 aromatic carbocycles. The Bertz CT molecular complexity index is 268. The van der Waals surface area contributed by atoms with E-state index in [2.05, 4.69) is 40.7 Å². The summed E-state index contributed by atoms with van der Waals surface area (Å²) in [6.45, 7) is 11.5. The lowest BCUT2D eigenvalue weighted by Crippen LogP contribution is -2.10. The fraction of sp³-hybridized carbons (Fsp3) is 0.733. The van der Waals surface area contributed by atoms with Crippen molar-refractivity contribution in [3.63, 3.8) is 0 Å². The molecule has 15 heavy (non-hydrogen) atoms. The van der Waals surface area contributed by atoms with Crippen LogP contribution in [0.1, 0.15) is 60.3 Å². The first-order valence-corrected chi connectivity index (χ1v) is 6.63. The molecular weight excluding hydrogens is 180 g/mol. The third-order valence-corrected chi connectivity index (χ3v) is 3.99.